The number of hydrogen-bond acceptors (Lipinski definition) is 11. The first-order valence-electron chi connectivity index (χ1n) is 15.2. The molecular formula is C34H38N5O7P. The number of anilines is 1. The average molecular weight is 660 g/mol. The van der Waals surface area contributed by atoms with Crippen LogP contribution in [0.1, 0.15) is 35.8 Å². The number of hydrogen-bond donors (Lipinski definition) is 2. The zero-order valence-electron chi connectivity index (χ0n) is 26.6. The number of aromatic nitrogens is 4. The van der Waals surface area contributed by atoms with Crippen LogP contribution in [0, 0.1) is 0 Å². The highest BCUT2D eigenvalue weighted by Gasteiger charge is 2.40. The molecule has 0 bridgehead atoms. The molecule has 246 valence electrons. The standard InChI is InChI=1S/C34H38N5O7P/c1-42-26-14-10-24(11-15-26)34(23-8-6-5-7-9-23,25-12-16-27(43-2)17-13-25)38-31-30-32(36-21-35-31)39(22-37-30)33-29(40)20-28(46-33)18-19-47(41,44-3)45-4/h5-17,21-22,28-29,33,40H,18-20H2,1-4H3,(H,35,36,38)/t28-,29-,33-/m1/s1. The van der Waals surface area contributed by atoms with Crippen molar-refractivity contribution < 1.29 is 32.9 Å². The highest BCUT2D eigenvalue weighted by molar-refractivity contribution is 7.53. The second-order valence-electron chi connectivity index (χ2n) is 11.2. The van der Waals surface area contributed by atoms with Gasteiger partial charge in [0.25, 0.3) is 0 Å². The Kier molecular flexibility index (Phi) is 9.58. The van der Waals surface area contributed by atoms with Gasteiger partial charge in [-0.05, 0) is 47.4 Å². The molecule has 0 aliphatic carbocycles. The summed E-state index contributed by atoms with van der Waals surface area (Å²) in [5.41, 5.74) is 2.87. The SMILES string of the molecule is COc1ccc(C(Nc2ncnc3c2ncn3[C@@H]2O[C@H](CCP(=O)(OC)OC)C[C@H]2O)(c2ccccc2)c2ccc(OC)cc2)cc1. The van der Waals surface area contributed by atoms with E-state index in [0.717, 1.165) is 28.2 Å². The number of ether oxygens (including phenoxy) is 3. The number of aliphatic hydroxyl groups excluding tert-OH is 1. The first-order valence-corrected chi connectivity index (χ1v) is 16.9. The molecule has 1 aliphatic heterocycles. The van der Waals surface area contributed by atoms with Crippen LogP contribution in [0.4, 0.5) is 5.82 Å². The summed E-state index contributed by atoms with van der Waals surface area (Å²) >= 11 is 0. The van der Waals surface area contributed by atoms with Crippen LogP contribution in [-0.4, -0.2) is 71.4 Å². The zero-order valence-corrected chi connectivity index (χ0v) is 27.5. The fraction of sp³-hybridized carbons (Fsp3) is 0.324. The lowest BCUT2D eigenvalue weighted by Gasteiger charge is -2.37. The molecule has 3 atom stereocenters. The molecule has 6 rings (SSSR count). The van der Waals surface area contributed by atoms with Crippen molar-refractivity contribution in [1.29, 1.82) is 0 Å². The molecule has 3 aromatic carbocycles. The van der Waals surface area contributed by atoms with Crippen molar-refractivity contribution >= 4 is 24.6 Å². The molecule has 0 radical (unpaired) electrons. The predicted molar refractivity (Wildman–Crippen MR) is 177 cm³/mol. The monoisotopic (exact) mass is 659 g/mol. The average Bonchev–Trinajstić information content (AvgIpc) is 3.73. The van der Waals surface area contributed by atoms with E-state index in [1.807, 2.05) is 66.7 Å². The van der Waals surface area contributed by atoms with Crippen molar-refractivity contribution in [2.45, 2.75) is 36.8 Å². The normalized spacial score (nSPS) is 18.4. The van der Waals surface area contributed by atoms with Gasteiger partial charge in [-0.15, -0.1) is 0 Å². The van der Waals surface area contributed by atoms with E-state index < -0.39 is 25.5 Å². The van der Waals surface area contributed by atoms with E-state index in [0.29, 0.717) is 29.8 Å². The molecule has 2 aromatic heterocycles. The molecule has 0 spiro atoms. The van der Waals surface area contributed by atoms with E-state index in [1.165, 1.54) is 20.5 Å². The van der Waals surface area contributed by atoms with Gasteiger partial charge < -0.3 is 33.7 Å². The Bertz CT molecular complexity index is 1780. The van der Waals surface area contributed by atoms with Gasteiger partial charge in [0.05, 0.1) is 32.8 Å². The molecule has 0 unspecified atom stereocenters. The van der Waals surface area contributed by atoms with Crippen LogP contribution in [0.2, 0.25) is 0 Å². The molecule has 0 amide bonds. The topological polar surface area (TPSA) is 139 Å². The van der Waals surface area contributed by atoms with Crippen molar-refractivity contribution in [2.24, 2.45) is 0 Å². The minimum Gasteiger partial charge on any atom is -0.497 e. The molecule has 1 aliphatic rings. The van der Waals surface area contributed by atoms with Crippen molar-refractivity contribution in [3.8, 4) is 11.5 Å². The van der Waals surface area contributed by atoms with Crippen LogP contribution < -0.4 is 14.8 Å². The maximum absolute atomic E-state index is 12.6. The molecule has 1 saturated heterocycles. The van der Waals surface area contributed by atoms with Crippen molar-refractivity contribution in [3.05, 3.63) is 108 Å². The van der Waals surface area contributed by atoms with Gasteiger partial charge in [-0.25, -0.2) is 15.0 Å². The Morgan fingerprint density at radius 1 is 0.872 bits per heavy atom. The summed E-state index contributed by atoms with van der Waals surface area (Å²) in [7, 11) is 2.78. The highest BCUT2D eigenvalue weighted by atomic mass is 31.2. The fourth-order valence-corrected chi connectivity index (χ4v) is 7.24. The number of benzene rings is 3. The van der Waals surface area contributed by atoms with E-state index in [1.54, 1.807) is 25.1 Å². The molecule has 0 saturated carbocycles. The third-order valence-corrected chi connectivity index (χ3v) is 10.6. The Labute approximate surface area is 273 Å². The summed E-state index contributed by atoms with van der Waals surface area (Å²) in [5, 5.41) is 14.8. The number of imidazole rings is 1. The minimum absolute atomic E-state index is 0.170. The van der Waals surface area contributed by atoms with Crippen LogP contribution in [0.25, 0.3) is 11.2 Å². The Morgan fingerprint density at radius 2 is 1.47 bits per heavy atom. The maximum atomic E-state index is 12.6. The van der Waals surface area contributed by atoms with E-state index in [4.69, 9.17) is 28.2 Å². The van der Waals surface area contributed by atoms with Gasteiger partial charge >= 0.3 is 7.60 Å². The Morgan fingerprint density at radius 3 is 2.04 bits per heavy atom. The van der Waals surface area contributed by atoms with Gasteiger partial charge in [0.2, 0.25) is 0 Å². The summed E-state index contributed by atoms with van der Waals surface area (Å²) in [4.78, 5) is 13.9. The smallest absolute Gasteiger partial charge is 0.330 e. The lowest BCUT2D eigenvalue weighted by molar-refractivity contribution is -0.0356. The third-order valence-electron chi connectivity index (χ3n) is 8.64. The first-order chi connectivity index (χ1) is 22.8. The molecule has 12 nitrogen and oxygen atoms in total. The quantitative estimate of drug-likeness (QED) is 0.118. The van der Waals surface area contributed by atoms with E-state index in [-0.39, 0.29) is 12.3 Å². The summed E-state index contributed by atoms with van der Waals surface area (Å²) in [5.74, 6) is 1.94. The van der Waals surface area contributed by atoms with Crippen LogP contribution in [0.5, 0.6) is 11.5 Å². The highest BCUT2D eigenvalue weighted by Crippen LogP contribution is 2.48. The summed E-state index contributed by atoms with van der Waals surface area (Å²) in [6, 6.07) is 25.9. The summed E-state index contributed by atoms with van der Waals surface area (Å²) in [6.07, 6.45) is 2.03. The fourth-order valence-electron chi connectivity index (χ4n) is 6.12. The Hall–Kier alpha value is -4.32. The van der Waals surface area contributed by atoms with E-state index >= 15 is 0 Å². The van der Waals surface area contributed by atoms with E-state index in [2.05, 4.69) is 27.4 Å². The number of nitrogens with zero attached hydrogens (tertiary/aromatic N) is 4. The summed E-state index contributed by atoms with van der Waals surface area (Å²) < 4.78 is 41.6. The zero-order chi connectivity index (χ0) is 33.0. The van der Waals surface area contributed by atoms with Gasteiger partial charge in [0, 0.05) is 20.6 Å². The maximum Gasteiger partial charge on any atom is 0.330 e. The van der Waals surface area contributed by atoms with Crippen LogP contribution in [-0.2, 0) is 23.9 Å². The van der Waals surface area contributed by atoms with Crippen molar-refractivity contribution in [2.75, 3.05) is 39.9 Å². The van der Waals surface area contributed by atoms with Crippen LogP contribution in [0.3, 0.4) is 0 Å². The minimum atomic E-state index is -3.21. The Balaban J connectivity index is 1.42. The summed E-state index contributed by atoms with van der Waals surface area (Å²) in [6.45, 7) is 0. The molecule has 13 heteroatoms. The lowest BCUT2D eigenvalue weighted by atomic mass is 9.77. The number of rotatable bonds is 13. The van der Waals surface area contributed by atoms with Gasteiger partial charge in [-0.1, -0.05) is 54.6 Å². The molecule has 47 heavy (non-hydrogen) atoms. The number of fused-ring (bicyclic) bond motifs is 1. The molecule has 1 fully saturated rings. The van der Waals surface area contributed by atoms with Gasteiger partial charge in [-0.3, -0.25) is 9.13 Å². The largest absolute Gasteiger partial charge is 0.497 e. The number of aliphatic hydroxyl groups is 1. The molecular weight excluding hydrogens is 621 g/mol. The van der Waals surface area contributed by atoms with Gasteiger partial charge in [0.1, 0.15) is 29.5 Å². The van der Waals surface area contributed by atoms with E-state index in [9.17, 15) is 9.67 Å². The predicted octanol–water partition coefficient (Wildman–Crippen LogP) is 5.77. The van der Waals surface area contributed by atoms with Crippen molar-refractivity contribution in [3.63, 3.8) is 0 Å². The lowest BCUT2D eigenvalue weighted by Crippen LogP contribution is -2.38. The molecule has 2 N–H and O–H groups in total. The van der Waals surface area contributed by atoms with Crippen molar-refractivity contribution in [1.82, 2.24) is 19.5 Å². The second-order valence-corrected chi connectivity index (χ2v) is 13.6. The molecule has 3 heterocycles. The van der Waals surface area contributed by atoms with Gasteiger partial charge in [0.15, 0.2) is 23.2 Å². The second kappa shape index (κ2) is 13.8. The molecule has 5 aromatic rings. The third kappa shape index (κ3) is 6.35. The van der Waals surface area contributed by atoms with Crippen LogP contribution in [0.15, 0.2) is 91.5 Å². The van der Waals surface area contributed by atoms with Crippen LogP contribution >= 0.6 is 7.60 Å². The van der Waals surface area contributed by atoms with Gasteiger partial charge in [-0.2, -0.15) is 0 Å². The first kappa shape index (κ1) is 32.6. The number of nitrogens with one attached hydrogen (secondary N) is 1. The number of methoxy groups -OCH3 is 2.